The van der Waals surface area contributed by atoms with E-state index in [4.69, 9.17) is 14.9 Å². The Labute approximate surface area is 118 Å². The number of para-hydroxylation sites is 2. The molecule has 3 nitrogen and oxygen atoms in total. The highest BCUT2D eigenvalue weighted by atomic mass is 16.5. The minimum atomic E-state index is -0.263. The normalized spacial score (nSPS) is 12.5. The van der Waals surface area contributed by atoms with E-state index in [1.807, 2.05) is 55.5 Å². The number of ether oxygens (including phenoxy) is 1. The number of rotatable bonds is 4. The maximum absolute atomic E-state index is 6.42. The first-order valence-electron chi connectivity index (χ1n) is 6.74. The summed E-state index contributed by atoms with van der Waals surface area (Å²) >= 11 is 0. The fraction of sp³-hybridized carbons (Fsp3) is 0.176. The minimum absolute atomic E-state index is 0.263. The Kier molecular flexibility index (Phi) is 3.44. The van der Waals surface area contributed by atoms with Crippen molar-refractivity contribution in [2.24, 2.45) is 5.73 Å². The number of fused-ring (bicyclic) bond motifs is 1. The fourth-order valence-corrected chi connectivity index (χ4v) is 2.43. The Bertz CT molecular complexity index is 718. The van der Waals surface area contributed by atoms with Crippen LogP contribution in [0.3, 0.4) is 0 Å². The van der Waals surface area contributed by atoms with E-state index >= 15 is 0 Å². The number of furan rings is 1. The third-order valence-corrected chi connectivity index (χ3v) is 3.40. The summed E-state index contributed by atoms with van der Waals surface area (Å²) in [5.41, 5.74) is 9.22. The van der Waals surface area contributed by atoms with E-state index < -0.39 is 0 Å². The van der Waals surface area contributed by atoms with Crippen molar-refractivity contribution in [3.8, 4) is 5.75 Å². The highest BCUT2D eigenvalue weighted by molar-refractivity contribution is 5.82. The molecule has 0 saturated carbocycles. The molecule has 1 unspecified atom stereocenters. The summed E-state index contributed by atoms with van der Waals surface area (Å²) in [6, 6.07) is 15.5. The lowest BCUT2D eigenvalue weighted by Gasteiger charge is -2.15. The number of benzene rings is 2. The molecule has 2 N–H and O–H groups in total. The van der Waals surface area contributed by atoms with Crippen molar-refractivity contribution >= 4 is 11.0 Å². The number of hydrogen-bond acceptors (Lipinski definition) is 3. The topological polar surface area (TPSA) is 48.4 Å². The lowest BCUT2D eigenvalue weighted by Crippen LogP contribution is -2.13. The van der Waals surface area contributed by atoms with E-state index in [1.165, 1.54) is 0 Å². The number of nitrogens with two attached hydrogens (primary N) is 1. The summed E-state index contributed by atoms with van der Waals surface area (Å²) in [6.07, 6.45) is 1.73. The van der Waals surface area contributed by atoms with Gasteiger partial charge in [-0.1, -0.05) is 36.4 Å². The molecule has 3 aromatic rings. The van der Waals surface area contributed by atoms with Crippen molar-refractivity contribution in [1.29, 1.82) is 0 Å². The molecule has 0 aliphatic heterocycles. The summed E-state index contributed by atoms with van der Waals surface area (Å²) in [4.78, 5) is 0. The molecule has 0 saturated heterocycles. The molecule has 0 amide bonds. The summed E-state index contributed by atoms with van der Waals surface area (Å²) < 4.78 is 11.2. The van der Waals surface area contributed by atoms with Crippen LogP contribution in [0.15, 0.2) is 59.2 Å². The molecule has 3 rings (SSSR count). The Hall–Kier alpha value is -2.26. The predicted octanol–water partition coefficient (Wildman–Crippen LogP) is 3.88. The van der Waals surface area contributed by atoms with E-state index in [1.54, 1.807) is 6.26 Å². The molecule has 0 aliphatic carbocycles. The van der Waals surface area contributed by atoms with Crippen LogP contribution in [0.2, 0.25) is 0 Å². The Balaban J connectivity index is 2.06. The average Bonchev–Trinajstić information content (AvgIpc) is 2.91. The van der Waals surface area contributed by atoms with Crippen LogP contribution in [0.25, 0.3) is 11.0 Å². The highest BCUT2D eigenvalue weighted by Gasteiger charge is 2.18. The van der Waals surface area contributed by atoms with E-state index in [2.05, 4.69) is 0 Å². The largest absolute Gasteiger partial charge is 0.494 e. The Morgan fingerprint density at radius 3 is 2.65 bits per heavy atom. The number of hydrogen-bond donors (Lipinski definition) is 1. The van der Waals surface area contributed by atoms with Gasteiger partial charge in [0.25, 0.3) is 0 Å². The van der Waals surface area contributed by atoms with Crippen LogP contribution in [-0.2, 0) is 0 Å². The van der Waals surface area contributed by atoms with Crippen molar-refractivity contribution in [2.75, 3.05) is 6.61 Å². The van der Waals surface area contributed by atoms with Gasteiger partial charge in [0.05, 0.1) is 18.9 Å². The van der Waals surface area contributed by atoms with Crippen LogP contribution in [0.4, 0.5) is 0 Å². The van der Waals surface area contributed by atoms with Gasteiger partial charge >= 0.3 is 0 Å². The van der Waals surface area contributed by atoms with Gasteiger partial charge in [0, 0.05) is 16.5 Å². The monoisotopic (exact) mass is 267 g/mol. The van der Waals surface area contributed by atoms with Crippen molar-refractivity contribution < 1.29 is 9.15 Å². The van der Waals surface area contributed by atoms with E-state index in [-0.39, 0.29) is 6.04 Å². The highest BCUT2D eigenvalue weighted by Crippen LogP contribution is 2.33. The second-order valence-electron chi connectivity index (χ2n) is 4.64. The van der Waals surface area contributed by atoms with Crippen LogP contribution < -0.4 is 10.5 Å². The zero-order chi connectivity index (χ0) is 13.9. The molecular formula is C17H17NO2. The smallest absolute Gasteiger partial charge is 0.134 e. The van der Waals surface area contributed by atoms with E-state index in [0.29, 0.717) is 6.61 Å². The SMILES string of the molecule is CCOc1ccccc1C(N)c1coc2ccccc12. The lowest BCUT2D eigenvalue weighted by molar-refractivity contribution is 0.335. The molecular weight excluding hydrogens is 250 g/mol. The lowest BCUT2D eigenvalue weighted by atomic mass is 9.98. The second-order valence-corrected chi connectivity index (χ2v) is 4.64. The van der Waals surface area contributed by atoms with Crippen molar-refractivity contribution in [3.05, 3.63) is 65.9 Å². The maximum Gasteiger partial charge on any atom is 0.134 e. The zero-order valence-electron chi connectivity index (χ0n) is 11.4. The average molecular weight is 267 g/mol. The molecule has 20 heavy (non-hydrogen) atoms. The molecule has 0 aliphatic rings. The maximum atomic E-state index is 6.42. The van der Waals surface area contributed by atoms with Crippen LogP contribution in [0.1, 0.15) is 24.1 Å². The van der Waals surface area contributed by atoms with E-state index in [9.17, 15) is 0 Å². The van der Waals surface area contributed by atoms with Crippen LogP contribution in [0.5, 0.6) is 5.75 Å². The van der Waals surface area contributed by atoms with Crippen molar-refractivity contribution in [2.45, 2.75) is 13.0 Å². The Morgan fingerprint density at radius 2 is 1.80 bits per heavy atom. The van der Waals surface area contributed by atoms with Gasteiger partial charge in [-0.25, -0.2) is 0 Å². The predicted molar refractivity (Wildman–Crippen MR) is 79.9 cm³/mol. The molecule has 3 heteroatoms. The van der Waals surface area contributed by atoms with Gasteiger partial charge in [0.15, 0.2) is 0 Å². The van der Waals surface area contributed by atoms with Crippen molar-refractivity contribution in [1.82, 2.24) is 0 Å². The molecule has 0 fully saturated rings. The molecule has 1 heterocycles. The van der Waals surface area contributed by atoms with Gasteiger partial charge < -0.3 is 14.9 Å². The third-order valence-electron chi connectivity index (χ3n) is 3.40. The zero-order valence-corrected chi connectivity index (χ0v) is 11.4. The van der Waals surface area contributed by atoms with Crippen LogP contribution in [-0.4, -0.2) is 6.61 Å². The second kappa shape index (κ2) is 5.39. The van der Waals surface area contributed by atoms with Gasteiger partial charge in [0.1, 0.15) is 11.3 Å². The van der Waals surface area contributed by atoms with E-state index in [0.717, 1.165) is 27.8 Å². The molecule has 1 atom stereocenters. The standard InChI is InChI=1S/C17H17NO2/c1-2-19-16-10-6-4-8-13(16)17(18)14-11-20-15-9-5-3-7-12(14)15/h3-11,17H,2,18H2,1H3. The molecule has 2 aromatic carbocycles. The summed E-state index contributed by atoms with van der Waals surface area (Å²) in [5.74, 6) is 0.827. The van der Waals surface area contributed by atoms with Crippen LogP contribution >= 0.6 is 0 Å². The molecule has 0 radical (unpaired) electrons. The van der Waals surface area contributed by atoms with Gasteiger partial charge in [-0.15, -0.1) is 0 Å². The molecule has 0 spiro atoms. The summed E-state index contributed by atoms with van der Waals surface area (Å²) in [7, 11) is 0. The first kappa shape index (κ1) is 12.8. The Morgan fingerprint density at radius 1 is 1.05 bits per heavy atom. The summed E-state index contributed by atoms with van der Waals surface area (Å²) in [6.45, 7) is 2.59. The first-order chi connectivity index (χ1) is 9.81. The van der Waals surface area contributed by atoms with Gasteiger partial charge in [-0.05, 0) is 19.1 Å². The van der Waals surface area contributed by atoms with Crippen molar-refractivity contribution in [3.63, 3.8) is 0 Å². The summed E-state index contributed by atoms with van der Waals surface area (Å²) in [5, 5.41) is 1.05. The van der Waals surface area contributed by atoms with Crippen LogP contribution in [0, 0.1) is 0 Å². The molecule has 102 valence electrons. The first-order valence-corrected chi connectivity index (χ1v) is 6.74. The van der Waals surface area contributed by atoms with Gasteiger partial charge in [-0.2, -0.15) is 0 Å². The molecule has 1 aromatic heterocycles. The van der Waals surface area contributed by atoms with Gasteiger partial charge in [0.2, 0.25) is 0 Å². The third kappa shape index (κ3) is 2.17. The molecule has 0 bridgehead atoms. The van der Waals surface area contributed by atoms with Gasteiger partial charge in [-0.3, -0.25) is 0 Å². The fourth-order valence-electron chi connectivity index (χ4n) is 2.43. The minimum Gasteiger partial charge on any atom is -0.494 e. The quantitative estimate of drug-likeness (QED) is 0.780.